The second-order valence-corrected chi connectivity index (χ2v) is 10.3. The summed E-state index contributed by atoms with van der Waals surface area (Å²) in [5.41, 5.74) is -0.688. The summed E-state index contributed by atoms with van der Waals surface area (Å²) >= 11 is 0. The zero-order valence-corrected chi connectivity index (χ0v) is 15.7. The van der Waals surface area contributed by atoms with Gasteiger partial charge in [0.1, 0.15) is 0 Å². The average Bonchev–Trinajstić information content (AvgIpc) is 2.65. The molecule has 134 valence electrons. The van der Waals surface area contributed by atoms with Crippen molar-refractivity contribution in [2.75, 3.05) is 18.1 Å². The monoisotopic (exact) mass is 346 g/mol. The van der Waals surface area contributed by atoms with Crippen molar-refractivity contribution in [2.45, 2.75) is 77.0 Å². The van der Waals surface area contributed by atoms with Gasteiger partial charge in [-0.05, 0) is 53.9 Å². The largest absolute Gasteiger partial charge is 0.450 e. The molecule has 2 fully saturated rings. The number of hydrogen-bond donors (Lipinski definition) is 1. The number of hydrogen-bond acceptors (Lipinski definition) is 5. The van der Waals surface area contributed by atoms with Gasteiger partial charge in [0.25, 0.3) is 0 Å². The third kappa shape index (κ3) is 4.18. The van der Waals surface area contributed by atoms with Crippen molar-refractivity contribution in [3.63, 3.8) is 0 Å². The van der Waals surface area contributed by atoms with Crippen LogP contribution in [0.15, 0.2) is 0 Å². The Balaban J connectivity index is 2.10. The molecule has 2 rings (SSSR count). The molecule has 0 spiro atoms. The Bertz CT molecular complexity index is 538. The average molecular weight is 346 g/mol. The van der Waals surface area contributed by atoms with Crippen LogP contribution < -0.4 is 5.32 Å². The smallest absolute Gasteiger partial charge is 0.410 e. The quantitative estimate of drug-likeness (QED) is 0.845. The van der Waals surface area contributed by atoms with Crippen LogP contribution in [0.5, 0.6) is 0 Å². The molecule has 0 aromatic carbocycles. The predicted molar refractivity (Wildman–Crippen MR) is 90.2 cm³/mol. The number of nitrogens with zero attached hydrogens (tertiary/aromatic N) is 1. The summed E-state index contributed by atoms with van der Waals surface area (Å²) in [6.45, 7) is 10.4. The van der Waals surface area contributed by atoms with Crippen LogP contribution in [0.3, 0.4) is 0 Å². The van der Waals surface area contributed by atoms with Crippen molar-refractivity contribution in [3.05, 3.63) is 0 Å². The highest BCUT2D eigenvalue weighted by atomic mass is 32.2. The van der Waals surface area contributed by atoms with E-state index in [0.29, 0.717) is 13.0 Å². The minimum absolute atomic E-state index is 0.0331. The number of nitrogens with one attached hydrogen (secondary N) is 1. The van der Waals surface area contributed by atoms with Crippen molar-refractivity contribution >= 4 is 15.9 Å². The van der Waals surface area contributed by atoms with Gasteiger partial charge in [-0.2, -0.15) is 0 Å². The zero-order chi connectivity index (χ0) is 17.5. The summed E-state index contributed by atoms with van der Waals surface area (Å²) in [4.78, 5) is 14.2. The Kier molecular flexibility index (Phi) is 5.02. The van der Waals surface area contributed by atoms with Crippen molar-refractivity contribution in [2.24, 2.45) is 0 Å². The standard InChI is InChI=1S/C16H30N2O4S/c1-6-22-14(19)18-15(2,3)9-13(10-16(18,4)5)17-12-7-8-23(20,21)11-12/h12-13,17H,6-11H2,1-5H3. The van der Waals surface area contributed by atoms with Crippen molar-refractivity contribution in [1.82, 2.24) is 10.2 Å². The number of piperidine rings is 1. The van der Waals surface area contributed by atoms with Crippen LogP contribution in [0.2, 0.25) is 0 Å². The van der Waals surface area contributed by atoms with Crippen molar-refractivity contribution in [3.8, 4) is 0 Å². The third-order valence-corrected chi connectivity index (χ3v) is 6.62. The van der Waals surface area contributed by atoms with E-state index in [2.05, 4.69) is 5.32 Å². The van der Waals surface area contributed by atoms with Gasteiger partial charge in [0, 0.05) is 23.2 Å². The maximum absolute atomic E-state index is 12.4. The molecule has 2 aliphatic heterocycles. The zero-order valence-electron chi connectivity index (χ0n) is 14.9. The number of rotatable bonds is 3. The Morgan fingerprint density at radius 2 is 1.74 bits per heavy atom. The minimum Gasteiger partial charge on any atom is -0.450 e. The van der Waals surface area contributed by atoms with Crippen LogP contribution in [-0.2, 0) is 14.6 Å². The van der Waals surface area contributed by atoms with Gasteiger partial charge in [0.05, 0.1) is 18.1 Å². The van der Waals surface area contributed by atoms with E-state index in [4.69, 9.17) is 4.74 Å². The van der Waals surface area contributed by atoms with Gasteiger partial charge < -0.3 is 10.1 Å². The molecule has 2 saturated heterocycles. The first kappa shape index (κ1) is 18.5. The van der Waals surface area contributed by atoms with Gasteiger partial charge in [-0.1, -0.05) is 0 Å². The van der Waals surface area contributed by atoms with E-state index in [1.54, 1.807) is 0 Å². The van der Waals surface area contributed by atoms with E-state index >= 15 is 0 Å². The molecule has 1 amide bonds. The molecule has 0 bridgehead atoms. The second kappa shape index (κ2) is 6.24. The van der Waals surface area contributed by atoms with Crippen LogP contribution >= 0.6 is 0 Å². The lowest BCUT2D eigenvalue weighted by atomic mass is 9.77. The number of likely N-dealkylation sites (tertiary alicyclic amines) is 1. The molecule has 0 aromatic heterocycles. The first-order valence-electron chi connectivity index (χ1n) is 8.40. The van der Waals surface area contributed by atoms with E-state index in [1.807, 2.05) is 39.5 Å². The molecule has 0 aromatic rings. The number of carbonyl (C=O) groups excluding carboxylic acids is 1. The van der Waals surface area contributed by atoms with Crippen LogP contribution in [0, 0.1) is 0 Å². The lowest BCUT2D eigenvalue weighted by Gasteiger charge is -2.54. The van der Waals surface area contributed by atoms with E-state index in [9.17, 15) is 13.2 Å². The third-order valence-electron chi connectivity index (χ3n) is 4.86. The fourth-order valence-electron chi connectivity index (χ4n) is 4.34. The maximum atomic E-state index is 12.4. The first-order valence-corrected chi connectivity index (χ1v) is 10.2. The normalized spacial score (nSPS) is 29.4. The first-order chi connectivity index (χ1) is 10.5. The summed E-state index contributed by atoms with van der Waals surface area (Å²) in [6.07, 6.45) is 1.98. The summed E-state index contributed by atoms with van der Waals surface area (Å²) in [7, 11) is -2.88. The molecule has 0 aliphatic carbocycles. The summed E-state index contributed by atoms with van der Waals surface area (Å²) < 4.78 is 28.5. The molecule has 7 heteroatoms. The SMILES string of the molecule is CCOC(=O)N1C(C)(C)CC(NC2CCS(=O)(=O)C2)CC1(C)C. The van der Waals surface area contributed by atoms with Crippen LogP contribution in [0.4, 0.5) is 4.79 Å². The van der Waals surface area contributed by atoms with Gasteiger partial charge in [0.2, 0.25) is 0 Å². The fourth-order valence-corrected chi connectivity index (χ4v) is 6.03. The van der Waals surface area contributed by atoms with E-state index in [1.165, 1.54) is 0 Å². The van der Waals surface area contributed by atoms with Gasteiger partial charge in [-0.3, -0.25) is 4.90 Å². The predicted octanol–water partition coefficient (Wildman–Crippen LogP) is 1.94. The molecule has 23 heavy (non-hydrogen) atoms. The number of amides is 1. The lowest BCUT2D eigenvalue weighted by molar-refractivity contribution is -0.0343. The highest BCUT2D eigenvalue weighted by Crippen LogP contribution is 2.39. The highest BCUT2D eigenvalue weighted by molar-refractivity contribution is 7.91. The Morgan fingerprint density at radius 3 is 2.17 bits per heavy atom. The number of ether oxygens (including phenoxy) is 1. The topological polar surface area (TPSA) is 75.7 Å². The molecule has 6 nitrogen and oxygen atoms in total. The van der Waals surface area contributed by atoms with Gasteiger partial charge >= 0.3 is 6.09 Å². The fraction of sp³-hybridized carbons (Fsp3) is 0.938. The summed E-state index contributed by atoms with van der Waals surface area (Å²) in [6, 6.07) is 0.231. The van der Waals surface area contributed by atoms with E-state index in [0.717, 1.165) is 12.8 Å². The van der Waals surface area contributed by atoms with Crippen LogP contribution in [0.25, 0.3) is 0 Å². The Labute approximate surface area is 139 Å². The van der Waals surface area contributed by atoms with Crippen LogP contribution in [-0.4, -0.2) is 60.7 Å². The highest BCUT2D eigenvalue weighted by Gasteiger charge is 2.49. The molecule has 2 aliphatic rings. The molecule has 2 heterocycles. The van der Waals surface area contributed by atoms with E-state index < -0.39 is 9.84 Å². The summed E-state index contributed by atoms with van der Waals surface area (Å²) in [5, 5.41) is 3.52. The van der Waals surface area contributed by atoms with Gasteiger partial charge in [0.15, 0.2) is 9.84 Å². The van der Waals surface area contributed by atoms with Crippen LogP contribution in [0.1, 0.15) is 53.9 Å². The van der Waals surface area contributed by atoms with Gasteiger partial charge in [-0.15, -0.1) is 0 Å². The minimum atomic E-state index is -2.88. The number of carbonyl (C=O) groups is 1. The van der Waals surface area contributed by atoms with E-state index in [-0.39, 0.29) is 40.8 Å². The second-order valence-electron chi connectivity index (χ2n) is 8.03. The number of sulfone groups is 1. The van der Waals surface area contributed by atoms with Crippen molar-refractivity contribution in [1.29, 1.82) is 0 Å². The molecule has 1 unspecified atom stereocenters. The maximum Gasteiger partial charge on any atom is 0.410 e. The molecule has 1 atom stereocenters. The molecule has 0 saturated carbocycles. The molecular weight excluding hydrogens is 316 g/mol. The Hall–Kier alpha value is -0.820. The van der Waals surface area contributed by atoms with Crippen molar-refractivity contribution < 1.29 is 17.9 Å². The Morgan fingerprint density at radius 1 is 1.17 bits per heavy atom. The van der Waals surface area contributed by atoms with Gasteiger partial charge in [-0.25, -0.2) is 13.2 Å². The molecule has 0 radical (unpaired) electrons. The molecular formula is C16H30N2O4S. The summed E-state index contributed by atoms with van der Waals surface area (Å²) in [5.74, 6) is 0.505. The lowest BCUT2D eigenvalue weighted by Crippen LogP contribution is -2.66. The molecule has 1 N–H and O–H groups in total.